The molecule has 0 aromatic heterocycles. The molecule has 0 heterocycles. The first-order valence-corrected chi connectivity index (χ1v) is 12.2. The van der Waals surface area contributed by atoms with Crippen molar-refractivity contribution in [2.75, 3.05) is 12.3 Å². The van der Waals surface area contributed by atoms with Crippen molar-refractivity contribution in [3.8, 4) is 12.3 Å². The summed E-state index contributed by atoms with van der Waals surface area (Å²) in [7, 11) is 0. The molecule has 8 heteroatoms. The summed E-state index contributed by atoms with van der Waals surface area (Å²) in [5.41, 5.74) is -0.464. The number of unbranched alkanes of at least 4 members (excludes halogenated alkanes) is 1. The predicted octanol–water partition coefficient (Wildman–Crippen LogP) is 4.08. The lowest BCUT2D eigenvalue weighted by Gasteiger charge is -2.43. The number of terminal acetylenes is 1. The summed E-state index contributed by atoms with van der Waals surface area (Å²) in [6.07, 6.45) is 6.72. The molecule has 2 atom stereocenters. The summed E-state index contributed by atoms with van der Waals surface area (Å²) >= 11 is 4.30. The van der Waals surface area contributed by atoms with Crippen LogP contribution in [0.5, 0.6) is 0 Å². The SMILES string of the molecule is C#Cc1ccccc1C(C(=O)NCCCC)N(C(=O)C(CS)NC(=O)OC(C)(C)C)C(C)(C)C. The van der Waals surface area contributed by atoms with E-state index in [0.29, 0.717) is 17.7 Å². The maximum atomic E-state index is 13.8. The fourth-order valence-electron chi connectivity index (χ4n) is 3.40. The van der Waals surface area contributed by atoms with E-state index < -0.39 is 35.2 Å². The van der Waals surface area contributed by atoms with Crippen molar-refractivity contribution in [2.45, 2.75) is 84.5 Å². The van der Waals surface area contributed by atoms with E-state index >= 15 is 0 Å². The molecule has 7 nitrogen and oxygen atoms in total. The zero-order chi connectivity index (χ0) is 26.1. The molecule has 0 spiro atoms. The van der Waals surface area contributed by atoms with E-state index in [1.807, 2.05) is 27.7 Å². The minimum absolute atomic E-state index is 0.0195. The van der Waals surface area contributed by atoms with Crippen LogP contribution in [-0.2, 0) is 14.3 Å². The van der Waals surface area contributed by atoms with Crippen LogP contribution >= 0.6 is 12.6 Å². The van der Waals surface area contributed by atoms with E-state index in [1.54, 1.807) is 45.0 Å². The third-order valence-corrected chi connectivity index (χ3v) is 5.24. The molecule has 0 fully saturated rings. The topological polar surface area (TPSA) is 87.7 Å². The summed E-state index contributed by atoms with van der Waals surface area (Å²) in [6, 6.07) is 5.04. The van der Waals surface area contributed by atoms with Gasteiger partial charge in [-0.15, -0.1) is 6.42 Å². The van der Waals surface area contributed by atoms with Gasteiger partial charge in [-0.05, 0) is 59.6 Å². The highest BCUT2D eigenvalue weighted by atomic mass is 32.1. The van der Waals surface area contributed by atoms with E-state index in [4.69, 9.17) is 11.2 Å². The van der Waals surface area contributed by atoms with Gasteiger partial charge < -0.3 is 20.3 Å². The number of carbonyl (C=O) groups is 3. The quantitative estimate of drug-likeness (QED) is 0.277. The number of nitrogens with zero attached hydrogens (tertiary/aromatic N) is 1. The standard InChI is InChI=1S/C26H39N3O4S/c1-9-11-16-27-22(30)21(19-15-13-12-14-18(19)10-2)29(25(3,4)5)23(31)20(17-34)28-24(32)33-26(6,7)8/h2,12-15,20-21,34H,9,11,16-17H2,1,3-8H3,(H,27,30)(H,28,32). The van der Waals surface area contributed by atoms with Gasteiger partial charge in [-0.3, -0.25) is 9.59 Å². The number of hydrogen-bond acceptors (Lipinski definition) is 5. The molecule has 34 heavy (non-hydrogen) atoms. The highest BCUT2D eigenvalue weighted by Crippen LogP contribution is 2.32. The molecule has 0 aliphatic carbocycles. The smallest absolute Gasteiger partial charge is 0.408 e. The Morgan fingerprint density at radius 1 is 1.15 bits per heavy atom. The third kappa shape index (κ3) is 8.60. The number of alkyl carbamates (subject to hydrolysis) is 1. The number of benzene rings is 1. The van der Waals surface area contributed by atoms with Crippen LogP contribution in [0.15, 0.2) is 24.3 Å². The van der Waals surface area contributed by atoms with Gasteiger partial charge in [-0.25, -0.2) is 4.79 Å². The molecular weight excluding hydrogens is 450 g/mol. The first-order valence-electron chi connectivity index (χ1n) is 11.5. The Morgan fingerprint density at radius 2 is 1.76 bits per heavy atom. The molecule has 0 saturated carbocycles. The minimum atomic E-state index is -1.01. The maximum absolute atomic E-state index is 13.8. The Bertz CT molecular complexity index is 897. The van der Waals surface area contributed by atoms with E-state index in [9.17, 15) is 14.4 Å². The molecule has 0 saturated heterocycles. The monoisotopic (exact) mass is 489 g/mol. The van der Waals surface area contributed by atoms with Gasteiger partial charge in [0.25, 0.3) is 0 Å². The molecule has 0 radical (unpaired) electrons. The second-order valence-corrected chi connectivity index (χ2v) is 10.4. The molecule has 3 amide bonds. The van der Waals surface area contributed by atoms with Gasteiger partial charge in [0, 0.05) is 23.4 Å². The molecule has 2 N–H and O–H groups in total. The van der Waals surface area contributed by atoms with Crippen LogP contribution in [0.4, 0.5) is 4.79 Å². The molecule has 2 unspecified atom stereocenters. The Kier molecular flexibility index (Phi) is 11.0. The zero-order valence-corrected chi connectivity index (χ0v) is 22.3. The van der Waals surface area contributed by atoms with E-state index in [2.05, 4.69) is 29.2 Å². The van der Waals surface area contributed by atoms with Gasteiger partial charge >= 0.3 is 6.09 Å². The largest absolute Gasteiger partial charge is 0.444 e. The van der Waals surface area contributed by atoms with Crippen LogP contribution in [0.1, 0.15) is 78.5 Å². The van der Waals surface area contributed by atoms with Crippen molar-refractivity contribution >= 4 is 30.5 Å². The third-order valence-electron chi connectivity index (χ3n) is 4.88. The molecule has 0 bridgehead atoms. The summed E-state index contributed by atoms with van der Waals surface area (Å²) < 4.78 is 5.32. The van der Waals surface area contributed by atoms with Crippen molar-refractivity contribution in [2.24, 2.45) is 0 Å². The molecule has 0 aliphatic heterocycles. The van der Waals surface area contributed by atoms with E-state index in [-0.39, 0.29) is 11.7 Å². The van der Waals surface area contributed by atoms with Crippen LogP contribution < -0.4 is 10.6 Å². The summed E-state index contributed by atoms with van der Waals surface area (Å²) in [5, 5.41) is 5.54. The predicted molar refractivity (Wildman–Crippen MR) is 139 cm³/mol. The zero-order valence-electron chi connectivity index (χ0n) is 21.4. The van der Waals surface area contributed by atoms with Crippen molar-refractivity contribution in [1.29, 1.82) is 0 Å². The van der Waals surface area contributed by atoms with Crippen LogP contribution in [0.2, 0.25) is 0 Å². The first-order chi connectivity index (χ1) is 15.8. The number of hydrogen-bond donors (Lipinski definition) is 3. The van der Waals surface area contributed by atoms with E-state index in [1.165, 1.54) is 4.90 Å². The second kappa shape index (κ2) is 12.7. The van der Waals surface area contributed by atoms with Crippen molar-refractivity contribution in [3.63, 3.8) is 0 Å². The van der Waals surface area contributed by atoms with Crippen LogP contribution in [-0.4, -0.2) is 52.3 Å². The lowest BCUT2D eigenvalue weighted by atomic mass is 9.93. The number of amides is 3. The lowest BCUT2D eigenvalue weighted by molar-refractivity contribution is -0.148. The van der Waals surface area contributed by atoms with Crippen LogP contribution in [0.3, 0.4) is 0 Å². The Balaban J connectivity index is 3.51. The fourth-order valence-corrected chi connectivity index (χ4v) is 3.65. The number of carbonyl (C=O) groups excluding carboxylic acids is 3. The number of ether oxygens (including phenoxy) is 1. The highest BCUT2D eigenvalue weighted by molar-refractivity contribution is 7.80. The number of nitrogens with one attached hydrogen (secondary N) is 2. The Labute approximate surface area is 209 Å². The van der Waals surface area contributed by atoms with Gasteiger partial charge in [0.15, 0.2) is 0 Å². The molecule has 1 aromatic rings. The first kappa shape index (κ1) is 29.4. The van der Waals surface area contributed by atoms with Crippen LogP contribution in [0.25, 0.3) is 0 Å². The van der Waals surface area contributed by atoms with Gasteiger partial charge in [-0.1, -0.05) is 37.5 Å². The maximum Gasteiger partial charge on any atom is 0.408 e. The van der Waals surface area contributed by atoms with Gasteiger partial charge in [0.1, 0.15) is 17.7 Å². The molecule has 1 aromatic carbocycles. The molecule has 188 valence electrons. The second-order valence-electron chi connectivity index (χ2n) is 10.0. The summed E-state index contributed by atoms with van der Waals surface area (Å²) in [4.78, 5) is 41.2. The van der Waals surface area contributed by atoms with Gasteiger partial charge in [-0.2, -0.15) is 12.6 Å². The van der Waals surface area contributed by atoms with Crippen LogP contribution in [0, 0.1) is 12.3 Å². The molecule has 0 aliphatic rings. The van der Waals surface area contributed by atoms with Crippen molar-refractivity contribution in [3.05, 3.63) is 35.4 Å². The van der Waals surface area contributed by atoms with Crippen molar-refractivity contribution in [1.82, 2.24) is 15.5 Å². The average Bonchev–Trinajstić information content (AvgIpc) is 2.73. The lowest BCUT2D eigenvalue weighted by Crippen LogP contribution is -2.59. The van der Waals surface area contributed by atoms with E-state index in [0.717, 1.165) is 12.8 Å². The number of rotatable bonds is 9. The number of thiol groups is 1. The Hall–Kier alpha value is -2.66. The van der Waals surface area contributed by atoms with Gasteiger partial charge in [0.05, 0.1) is 0 Å². The molecular formula is C26H39N3O4S. The minimum Gasteiger partial charge on any atom is -0.444 e. The highest BCUT2D eigenvalue weighted by Gasteiger charge is 2.42. The summed E-state index contributed by atoms with van der Waals surface area (Å²) in [6.45, 7) is 13.2. The van der Waals surface area contributed by atoms with Gasteiger partial charge in [0.2, 0.25) is 11.8 Å². The Morgan fingerprint density at radius 3 is 2.26 bits per heavy atom. The average molecular weight is 490 g/mol. The summed E-state index contributed by atoms with van der Waals surface area (Å²) in [5.74, 6) is 1.84. The van der Waals surface area contributed by atoms with Crippen molar-refractivity contribution < 1.29 is 19.1 Å². The normalized spacial score (nSPS) is 13.3. The molecule has 1 rings (SSSR count). The fraction of sp³-hybridized carbons (Fsp3) is 0.577.